The maximum Gasteiger partial charge on any atom is 0.0437 e. The Morgan fingerprint density at radius 2 is 2.21 bits per heavy atom. The Morgan fingerprint density at radius 1 is 1.43 bits per heavy atom. The quantitative estimate of drug-likeness (QED) is 0.706. The Balaban J connectivity index is 2.16. The van der Waals surface area contributed by atoms with E-state index < -0.39 is 0 Å². The van der Waals surface area contributed by atoms with Gasteiger partial charge in [0.2, 0.25) is 0 Å². The Morgan fingerprint density at radius 3 is 2.93 bits per heavy atom. The normalized spacial score (nSPS) is 16.7. The molecular weight excluding hydrogens is 174 g/mol. The van der Waals surface area contributed by atoms with Crippen molar-refractivity contribution in [1.29, 1.82) is 0 Å². The van der Waals surface area contributed by atoms with Crippen LogP contribution in [-0.2, 0) is 12.8 Å². The number of aliphatic hydroxyl groups is 1. The van der Waals surface area contributed by atoms with Crippen molar-refractivity contribution in [2.24, 2.45) is 0 Å². The van der Waals surface area contributed by atoms with Crippen LogP contribution in [-0.4, -0.2) is 16.7 Å². The summed E-state index contributed by atoms with van der Waals surface area (Å²) < 4.78 is 0. The van der Waals surface area contributed by atoms with Crippen LogP contribution in [0, 0.1) is 0 Å². The second-order valence-corrected chi connectivity index (χ2v) is 4.02. The molecule has 2 nitrogen and oxygen atoms in total. The van der Waals surface area contributed by atoms with Gasteiger partial charge in [-0.05, 0) is 30.4 Å². The SMILES string of the molecule is CC(CCO)c1cc2c([nH]1)CC=CC2. The van der Waals surface area contributed by atoms with Crippen molar-refractivity contribution < 1.29 is 5.11 Å². The average molecular weight is 191 g/mol. The average Bonchev–Trinajstić information content (AvgIpc) is 2.61. The van der Waals surface area contributed by atoms with Crippen molar-refractivity contribution in [3.63, 3.8) is 0 Å². The number of hydrogen-bond acceptors (Lipinski definition) is 1. The van der Waals surface area contributed by atoms with Gasteiger partial charge in [-0.15, -0.1) is 0 Å². The molecule has 14 heavy (non-hydrogen) atoms. The van der Waals surface area contributed by atoms with Crippen LogP contribution in [0.1, 0.15) is 36.2 Å². The van der Waals surface area contributed by atoms with Crippen LogP contribution < -0.4 is 0 Å². The molecule has 1 unspecified atom stereocenters. The zero-order valence-corrected chi connectivity index (χ0v) is 8.59. The smallest absolute Gasteiger partial charge is 0.0437 e. The van der Waals surface area contributed by atoms with E-state index in [1.807, 2.05) is 0 Å². The predicted molar refractivity (Wildman–Crippen MR) is 57.5 cm³/mol. The summed E-state index contributed by atoms with van der Waals surface area (Å²) in [7, 11) is 0. The van der Waals surface area contributed by atoms with Gasteiger partial charge in [0, 0.05) is 24.4 Å². The van der Waals surface area contributed by atoms with E-state index in [0.717, 1.165) is 19.3 Å². The van der Waals surface area contributed by atoms with Crippen molar-refractivity contribution >= 4 is 0 Å². The van der Waals surface area contributed by atoms with Gasteiger partial charge in [-0.1, -0.05) is 19.1 Å². The van der Waals surface area contributed by atoms with Crippen LogP contribution in [0.2, 0.25) is 0 Å². The fourth-order valence-electron chi connectivity index (χ4n) is 1.96. The van der Waals surface area contributed by atoms with Crippen molar-refractivity contribution in [3.8, 4) is 0 Å². The highest BCUT2D eigenvalue weighted by molar-refractivity contribution is 5.33. The lowest BCUT2D eigenvalue weighted by Gasteiger charge is -2.06. The first kappa shape index (κ1) is 9.53. The van der Waals surface area contributed by atoms with Crippen LogP contribution in [0.25, 0.3) is 0 Å². The molecule has 0 bridgehead atoms. The largest absolute Gasteiger partial charge is 0.396 e. The van der Waals surface area contributed by atoms with Crippen LogP contribution >= 0.6 is 0 Å². The molecule has 0 aliphatic heterocycles. The molecule has 0 saturated carbocycles. The third-order valence-electron chi connectivity index (χ3n) is 2.93. The minimum absolute atomic E-state index is 0.267. The molecule has 1 heterocycles. The van der Waals surface area contributed by atoms with E-state index >= 15 is 0 Å². The van der Waals surface area contributed by atoms with E-state index in [1.165, 1.54) is 17.0 Å². The molecule has 0 radical (unpaired) electrons. The molecule has 1 aromatic heterocycles. The van der Waals surface area contributed by atoms with Crippen molar-refractivity contribution in [3.05, 3.63) is 35.2 Å². The molecule has 2 heteroatoms. The summed E-state index contributed by atoms with van der Waals surface area (Å²) in [5.41, 5.74) is 4.05. The number of allylic oxidation sites excluding steroid dienone is 2. The van der Waals surface area contributed by atoms with Crippen molar-refractivity contribution in [1.82, 2.24) is 4.98 Å². The van der Waals surface area contributed by atoms with Crippen LogP contribution in [0.3, 0.4) is 0 Å². The van der Waals surface area contributed by atoms with Gasteiger partial charge in [0.15, 0.2) is 0 Å². The molecule has 0 saturated heterocycles. The van der Waals surface area contributed by atoms with Crippen LogP contribution in [0.5, 0.6) is 0 Å². The number of nitrogens with one attached hydrogen (secondary N) is 1. The van der Waals surface area contributed by atoms with Gasteiger partial charge >= 0.3 is 0 Å². The number of aliphatic hydroxyl groups excluding tert-OH is 1. The van der Waals surface area contributed by atoms with Crippen LogP contribution in [0.15, 0.2) is 18.2 Å². The summed E-state index contributed by atoms with van der Waals surface area (Å²) in [6, 6.07) is 2.25. The zero-order chi connectivity index (χ0) is 9.97. The molecule has 2 rings (SSSR count). The summed E-state index contributed by atoms with van der Waals surface area (Å²) in [4.78, 5) is 3.46. The third-order valence-corrected chi connectivity index (χ3v) is 2.93. The molecule has 1 aliphatic rings. The number of aromatic amines is 1. The third kappa shape index (κ3) is 1.75. The van der Waals surface area contributed by atoms with E-state index in [2.05, 4.69) is 30.1 Å². The lowest BCUT2D eigenvalue weighted by Crippen LogP contribution is -1.97. The van der Waals surface area contributed by atoms with Gasteiger partial charge in [-0.3, -0.25) is 0 Å². The second kappa shape index (κ2) is 4.01. The summed E-state index contributed by atoms with van der Waals surface area (Å²) >= 11 is 0. The number of H-pyrrole nitrogens is 1. The Kier molecular flexibility index (Phi) is 2.73. The van der Waals surface area contributed by atoms with Gasteiger partial charge < -0.3 is 10.1 Å². The molecule has 2 N–H and O–H groups in total. The highest BCUT2D eigenvalue weighted by Crippen LogP contribution is 2.24. The van der Waals surface area contributed by atoms with Crippen molar-refractivity contribution in [2.75, 3.05) is 6.61 Å². The summed E-state index contributed by atoms with van der Waals surface area (Å²) in [5.74, 6) is 0.436. The summed E-state index contributed by atoms with van der Waals surface area (Å²) in [6.45, 7) is 2.42. The first-order valence-electron chi connectivity index (χ1n) is 5.27. The Bertz CT molecular complexity index is 313. The Hall–Kier alpha value is -1.02. The van der Waals surface area contributed by atoms with Crippen LogP contribution in [0.4, 0.5) is 0 Å². The molecule has 76 valence electrons. The standard InChI is InChI=1S/C12H17NO/c1-9(6-7-14)12-8-10-4-2-3-5-11(10)13-12/h2-3,8-9,13-14H,4-7H2,1H3. The maximum absolute atomic E-state index is 8.87. The first-order chi connectivity index (χ1) is 6.81. The highest BCUT2D eigenvalue weighted by atomic mass is 16.3. The van der Waals surface area contributed by atoms with E-state index in [4.69, 9.17) is 5.11 Å². The van der Waals surface area contributed by atoms with E-state index in [1.54, 1.807) is 0 Å². The van der Waals surface area contributed by atoms with Gasteiger partial charge in [0.05, 0.1) is 0 Å². The Labute approximate surface area is 84.7 Å². The van der Waals surface area contributed by atoms with E-state index in [9.17, 15) is 0 Å². The lowest BCUT2D eigenvalue weighted by molar-refractivity contribution is 0.278. The molecule has 0 aromatic carbocycles. The molecule has 0 amide bonds. The van der Waals surface area contributed by atoms with Gasteiger partial charge in [0.25, 0.3) is 0 Å². The number of rotatable bonds is 3. The number of aromatic nitrogens is 1. The maximum atomic E-state index is 8.87. The van der Waals surface area contributed by atoms with Gasteiger partial charge in [0.1, 0.15) is 0 Å². The van der Waals surface area contributed by atoms with Gasteiger partial charge in [-0.2, -0.15) is 0 Å². The minimum atomic E-state index is 0.267. The highest BCUT2D eigenvalue weighted by Gasteiger charge is 2.12. The molecule has 1 aliphatic carbocycles. The fraction of sp³-hybridized carbons (Fsp3) is 0.500. The zero-order valence-electron chi connectivity index (χ0n) is 8.59. The molecule has 0 spiro atoms. The number of hydrogen-bond donors (Lipinski definition) is 2. The van der Waals surface area contributed by atoms with Gasteiger partial charge in [-0.25, -0.2) is 0 Å². The van der Waals surface area contributed by atoms with E-state index in [0.29, 0.717) is 5.92 Å². The minimum Gasteiger partial charge on any atom is -0.396 e. The number of fused-ring (bicyclic) bond motifs is 1. The second-order valence-electron chi connectivity index (χ2n) is 4.02. The fourth-order valence-corrected chi connectivity index (χ4v) is 1.96. The van der Waals surface area contributed by atoms with Crippen molar-refractivity contribution in [2.45, 2.75) is 32.1 Å². The molecule has 1 atom stereocenters. The monoisotopic (exact) mass is 191 g/mol. The topological polar surface area (TPSA) is 36.0 Å². The molecular formula is C12H17NO. The predicted octanol–water partition coefficient (Wildman–Crippen LogP) is 2.16. The first-order valence-corrected chi connectivity index (χ1v) is 5.27. The molecule has 1 aromatic rings. The summed E-state index contributed by atoms with van der Waals surface area (Å²) in [5, 5.41) is 8.87. The molecule has 0 fully saturated rings. The summed E-state index contributed by atoms with van der Waals surface area (Å²) in [6.07, 6.45) is 7.35. The lowest BCUT2D eigenvalue weighted by atomic mass is 10.0. The van der Waals surface area contributed by atoms with E-state index in [-0.39, 0.29) is 6.61 Å².